The van der Waals surface area contributed by atoms with E-state index in [1.54, 1.807) is 18.2 Å². The maximum Gasteiger partial charge on any atom is 0.338 e. The summed E-state index contributed by atoms with van der Waals surface area (Å²) >= 11 is 0. The third-order valence-electron chi connectivity index (χ3n) is 5.48. The van der Waals surface area contributed by atoms with E-state index in [0.29, 0.717) is 30.4 Å². The molecule has 1 aliphatic heterocycles. The number of aryl methyl sites for hydroxylation is 1. The molecular weight excluding hydrogens is 484 g/mol. The molecule has 2 N–H and O–H groups in total. The van der Waals surface area contributed by atoms with Crippen molar-refractivity contribution in [3.63, 3.8) is 0 Å². The second-order valence-corrected chi connectivity index (χ2v) is 9.76. The molecule has 3 aromatic carbocycles. The largest absolute Gasteiger partial charge is 0.486 e. The molecule has 0 bridgehead atoms. The van der Waals surface area contributed by atoms with E-state index in [-0.39, 0.29) is 16.1 Å². The Morgan fingerprint density at radius 1 is 0.917 bits per heavy atom. The van der Waals surface area contributed by atoms with Crippen molar-refractivity contribution in [1.82, 2.24) is 0 Å². The zero-order valence-electron chi connectivity index (χ0n) is 19.8. The number of benzene rings is 3. The van der Waals surface area contributed by atoms with Gasteiger partial charge in [0, 0.05) is 17.4 Å². The van der Waals surface area contributed by atoms with E-state index >= 15 is 0 Å². The molecule has 10 heteroatoms. The summed E-state index contributed by atoms with van der Waals surface area (Å²) in [5, 5.41) is 2.71. The number of nitrogens with one attached hydrogen (secondary N) is 2. The summed E-state index contributed by atoms with van der Waals surface area (Å²) in [6.07, 6.45) is -0.141. The molecule has 0 saturated carbocycles. The Bertz CT molecular complexity index is 1350. The van der Waals surface area contributed by atoms with Gasteiger partial charge < -0.3 is 19.5 Å². The minimum atomic E-state index is -3.90. The van der Waals surface area contributed by atoms with Crippen molar-refractivity contribution < 1.29 is 32.2 Å². The zero-order valence-corrected chi connectivity index (χ0v) is 20.6. The van der Waals surface area contributed by atoms with Crippen LogP contribution in [0, 0.1) is 0 Å². The second kappa shape index (κ2) is 10.7. The molecule has 1 aliphatic rings. The quantitative estimate of drug-likeness (QED) is 0.440. The van der Waals surface area contributed by atoms with Crippen molar-refractivity contribution in [2.75, 3.05) is 23.3 Å². The number of ether oxygens (including phenoxy) is 3. The van der Waals surface area contributed by atoms with Gasteiger partial charge in [0.25, 0.3) is 15.9 Å². The third-order valence-corrected chi connectivity index (χ3v) is 6.86. The first-order chi connectivity index (χ1) is 17.2. The SMILES string of the molecule is CCc1ccc(NC(=O)[C@H](C)OC(=O)c2ccc(NS(=O)(=O)c3ccc4c(c3)OCCO4)cc2)cc1. The highest BCUT2D eigenvalue weighted by molar-refractivity contribution is 7.92. The number of carbonyl (C=O) groups is 2. The molecule has 1 atom stereocenters. The van der Waals surface area contributed by atoms with Crippen LogP contribution in [-0.2, 0) is 26.0 Å². The Morgan fingerprint density at radius 3 is 2.22 bits per heavy atom. The highest BCUT2D eigenvalue weighted by Crippen LogP contribution is 2.32. The van der Waals surface area contributed by atoms with Crippen molar-refractivity contribution in [1.29, 1.82) is 0 Å². The van der Waals surface area contributed by atoms with Gasteiger partial charge in [0.15, 0.2) is 17.6 Å². The topological polar surface area (TPSA) is 120 Å². The minimum Gasteiger partial charge on any atom is -0.486 e. The summed E-state index contributed by atoms with van der Waals surface area (Å²) < 4.78 is 44.1. The van der Waals surface area contributed by atoms with E-state index in [1.165, 1.54) is 43.3 Å². The molecule has 3 aromatic rings. The average molecular weight is 511 g/mol. The zero-order chi connectivity index (χ0) is 25.7. The summed E-state index contributed by atoms with van der Waals surface area (Å²) in [6, 6.07) is 17.5. The van der Waals surface area contributed by atoms with Gasteiger partial charge in [0.05, 0.1) is 10.5 Å². The fourth-order valence-corrected chi connectivity index (χ4v) is 4.50. The molecule has 0 aliphatic carbocycles. The lowest BCUT2D eigenvalue weighted by Gasteiger charge is -2.19. The number of fused-ring (bicyclic) bond motifs is 1. The number of amides is 1. The summed E-state index contributed by atoms with van der Waals surface area (Å²) in [5.74, 6) is -0.324. The molecule has 36 heavy (non-hydrogen) atoms. The number of rotatable bonds is 8. The van der Waals surface area contributed by atoms with Crippen LogP contribution < -0.4 is 19.5 Å². The fraction of sp³-hybridized carbons (Fsp3) is 0.231. The van der Waals surface area contributed by atoms with E-state index in [9.17, 15) is 18.0 Å². The fourth-order valence-electron chi connectivity index (χ4n) is 3.43. The van der Waals surface area contributed by atoms with Gasteiger partial charge in [0.1, 0.15) is 13.2 Å². The van der Waals surface area contributed by atoms with Crippen molar-refractivity contribution in [3.8, 4) is 11.5 Å². The first kappa shape index (κ1) is 25.1. The smallest absolute Gasteiger partial charge is 0.338 e. The van der Waals surface area contributed by atoms with Crippen molar-refractivity contribution in [2.24, 2.45) is 0 Å². The predicted molar refractivity (Wildman–Crippen MR) is 134 cm³/mol. The molecule has 9 nitrogen and oxygen atoms in total. The normalized spacial score (nSPS) is 13.4. The average Bonchev–Trinajstić information content (AvgIpc) is 2.89. The van der Waals surface area contributed by atoms with E-state index in [1.807, 2.05) is 19.1 Å². The van der Waals surface area contributed by atoms with Crippen molar-refractivity contribution in [2.45, 2.75) is 31.3 Å². The monoisotopic (exact) mass is 510 g/mol. The molecule has 188 valence electrons. The lowest BCUT2D eigenvalue weighted by atomic mass is 10.1. The molecule has 1 heterocycles. The van der Waals surface area contributed by atoms with Gasteiger partial charge in [-0.1, -0.05) is 19.1 Å². The standard InChI is InChI=1S/C26H26N2O7S/c1-3-18-4-8-20(9-5-18)27-25(29)17(2)35-26(30)19-6-10-21(11-7-19)28-36(31,32)22-12-13-23-24(16-22)34-15-14-33-23/h4-13,16-17,28H,3,14-15H2,1-2H3,(H,27,29)/t17-/m0/s1. The maximum atomic E-state index is 12.8. The van der Waals surface area contributed by atoms with Crippen molar-refractivity contribution >= 4 is 33.3 Å². The van der Waals surface area contributed by atoms with Gasteiger partial charge in [-0.2, -0.15) is 0 Å². The molecule has 0 radical (unpaired) electrons. The Hall–Kier alpha value is -4.05. The van der Waals surface area contributed by atoms with Gasteiger partial charge in [-0.3, -0.25) is 9.52 Å². The van der Waals surface area contributed by atoms with Gasteiger partial charge in [0.2, 0.25) is 0 Å². The molecule has 0 aromatic heterocycles. The first-order valence-corrected chi connectivity index (χ1v) is 12.9. The number of anilines is 2. The van der Waals surface area contributed by atoms with Crippen LogP contribution in [0.4, 0.5) is 11.4 Å². The Labute approximate surface area is 209 Å². The number of hydrogen-bond acceptors (Lipinski definition) is 7. The van der Waals surface area contributed by atoms with Gasteiger partial charge >= 0.3 is 5.97 Å². The molecular formula is C26H26N2O7S. The predicted octanol–water partition coefficient (Wildman–Crippen LogP) is 4.01. The number of carbonyl (C=O) groups excluding carboxylic acids is 2. The van der Waals surface area contributed by atoms with E-state index in [2.05, 4.69) is 10.0 Å². The number of sulfonamides is 1. The lowest BCUT2D eigenvalue weighted by Crippen LogP contribution is -2.30. The number of hydrogen-bond donors (Lipinski definition) is 2. The van der Waals surface area contributed by atoms with E-state index in [4.69, 9.17) is 14.2 Å². The molecule has 0 spiro atoms. The molecule has 0 unspecified atom stereocenters. The lowest BCUT2D eigenvalue weighted by molar-refractivity contribution is -0.123. The molecule has 1 amide bonds. The van der Waals surface area contributed by atoms with Crippen LogP contribution in [0.3, 0.4) is 0 Å². The highest BCUT2D eigenvalue weighted by Gasteiger charge is 2.21. The second-order valence-electron chi connectivity index (χ2n) is 8.08. The summed E-state index contributed by atoms with van der Waals surface area (Å²) in [5.41, 5.74) is 2.17. The van der Waals surface area contributed by atoms with Crippen molar-refractivity contribution in [3.05, 3.63) is 77.9 Å². The summed E-state index contributed by atoms with van der Waals surface area (Å²) in [7, 11) is -3.90. The van der Waals surface area contributed by atoms with E-state index < -0.39 is 28.0 Å². The van der Waals surface area contributed by atoms with Crippen LogP contribution in [0.1, 0.15) is 29.8 Å². The van der Waals surface area contributed by atoms with Gasteiger partial charge in [-0.15, -0.1) is 0 Å². The Balaban J connectivity index is 1.35. The maximum absolute atomic E-state index is 12.8. The first-order valence-electron chi connectivity index (χ1n) is 11.4. The van der Waals surface area contributed by atoms with Gasteiger partial charge in [-0.25, -0.2) is 13.2 Å². The third kappa shape index (κ3) is 5.95. The van der Waals surface area contributed by atoms with Crippen LogP contribution in [0.2, 0.25) is 0 Å². The van der Waals surface area contributed by atoms with Gasteiger partial charge in [-0.05, 0) is 67.4 Å². The van der Waals surface area contributed by atoms with E-state index in [0.717, 1.165) is 12.0 Å². The van der Waals surface area contributed by atoms with Crippen LogP contribution in [-0.4, -0.2) is 39.6 Å². The Kier molecular flexibility index (Phi) is 7.44. The Morgan fingerprint density at radius 2 is 1.56 bits per heavy atom. The molecule has 0 saturated heterocycles. The van der Waals surface area contributed by atoms with Crippen LogP contribution in [0.15, 0.2) is 71.6 Å². The van der Waals surface area contributed by atoms with Crippen LogP contribution >= 0.6 is 0 Å². The summed E-state index contributed by atoms with van der Waals surface area (Å²) in [4.78, 5) is 24.9. The molecule has 0 fully saturated rings. The summed E-state index contributed by atoms with van der Waals surface area (Å²) in [6.45, 7) is 4.26. The number of esters is 1. The minimum absolute atomic E-state index is 0.0133. The van der Waals surface area contributed by atoms with Crippen LogP contribution in [0.25, 0.3) is 0 Å². The molecule has 4 rings (SSSR count). The highest BCUT2D eigenvalue weighted by atomic mass is 32.2. The van der Waals surface area contributed by atoms with Crippen LogP contribution in [0.5, 0.6) is 11.5 Å².